The number of nitrogens with two attached hydrogens (primary N) is 3. The maximum Gasteiger partial charge on any atom is 0.0619 e. The molecule has 0 bridgehead atoms. The normalized spacial score (nSPS) is 13.0. The van der Waals surface area contributed by atoms with Gasteiger partial charge in [-0.3, -0.25) is 0 Å². The van der Waals surface area contributed by atoms with Gasteiger partial charge < -0.3 is 21.8 Å². The number of hydrogen-bond acceptors (Lipinski definition) is 3. The van der Waals surface area contributed by atoms with E-state index in [4.69, 9.17) is 17.2 Å². The lowest BCUT2D eigenvalue weighted by Gasteiger charge is -2.11. The summed E-state index contributed by atoms with van der Waals surface area (Å²) in [5.74, 6) is 0. The van der Waals surface area contributed by atoms with E-state index < -0.39 is 0 Å². The van der Waals surface area contributed by atoms with E-state index in [1.165, 1.54) is 38.1 Å². The monoisotopic (exact) mass is 586 g/mol. The zero-order valence-electron chi connectivity index (χ0n) is 25.6. The number of aromatic nitrogens is 1. The van der Waals surface area contributed by atoms with E-state index in [1.54, 1.807) is 6.08 Å². The second-order valence-corrected chi connectivity index (χ2v) is 11.1. The molecule has 0 atom stereocenters. The van der Waals surface area contributed by atoms with Crippen molar-refractivity contribution in [3.63, 3.8) is 0 Å². The summed E-state index contributed by atoms with van der Waals surface area (Å²) >= 11 is 0. The Kier molecular flexibility index (Phi) is 8.50. The standard InChI is InChI=1S/C41H38N4/c1-3-29(23-24-42)39(44)16-9-8-11-28-17-20-36-37-22-19-32-26-31(30-12-10-13-33(27-30)38(43)4-2)18-21-35(32)41(37)45(40(36)25-28)34-14-6-5-7-15-34/h3-10,12-23,25-27H,1,11,24,42-44H2,2H3/b9-8-,29-23+,38-4-,39-16-. The fourth-order valence-corrected chi connectivity index (χ4v) is 6.00. The van der Waals surface area contributed by atoms with Gasteiger partial charge in [-0.25, -0.2) is 0 Å². The average molecular weight is 587 g/mol. The topological polar surface area (TPSA) is 83.0 Å². The minimum atomic E-state index is 0.422. The van der Waals surface area contributed by atoms with Crippen LogP contribution >= 0.6 is 0 Å². The van der Waals surface area contributed by atoms with Gasteiger partial charge >= 0.3 is 0 Å². The summed E-state index contributed by atoms with van der Waals surface area (Å²) in [6.45, 7) is 6.21. The zero-order valence-corrected chi connectivity index (χ0v) is 25.6. The molecule has 5 aromatic carbocycles. The summed E-state index contributed by atoms with van der Waals surface area (Å²) in [7, 11) is 0. The van der Waals surface area contributed by atoms with Crippen molar-refractivity contribution in [2.24, 2.45) is 17.2 Å². The molecule has 1 aromatic heterocycles. The molecule has 0 saturated heterocycles. The van der Waals surface area contributed by atoms with Crippen LogP contribution in [0.4, 0.5) is 0 Å². The molecule has 0 fully saturated rings. The molecule has 0 unspecified atom stereocenters. The van der Waals surface area contributed by atoms with Crippen LogP contribution in [0.1, 0.15) is 18.1 Å². The Morgan fingerprint density at radius 3 is 2.36 bits per heavy atom. The summed E-state index contributed by atoms with van der Waals surface area (Å²) < 4.78 is 2.40. The highest BCUT2D eigenvalue weighted by Crippen LogP contribution is 2.38. The maximum absolute atomic E-state index is 6.22. The number of para-hydroxylation sites is 1. The number of allylic oxidation sites excluding steroid dienone is 5. The van der Waals surface area contributed by atoms with Gasteiger partial charge in [-0.05, 0) is 83.0 Å². The molecule has 0 saturated carbocycles. The molecule has 1 heterocycles. The van der Waals surface area contributed by atoms with E-state index in [0.717, 1.165) is 40.1 Å². The first-order valence-corrected chi connectivity index (χ1v) is 15.3. The van der Waals surface area contributed by atoms with E-state index in [1.807, 2.05) is 31.2 Å². The molecule has 4 nitrogen and oxygen atoms in total. The Labute approximate surface area is 264 Å². The second kappa shape index (κ2) is 13.0. The first kappa shape index (κ1) is 29.5. The molecular weight excluding hydrogens is 548 g/mol. The van der Waals surface area contributed by atoms with Crippen molar-refractivity contribution in [3.05, 3.63) is 169 Å². The third-order valence-electron chi connectivity index (χ3n) is 8.32. The molecule has 0 aliphatic rings. The van der Waals surface area contributed by atoms with E-state index in [2.05, 4.69) is 120 Å². The van der Waals surface area contributed by atoms with Crippen LogP contribution in [-0.4, -0.2) is 11.1 Å². The maximum atomic E-state index is 6.22. The molecule has 0 aliphatic heterocycles. The van der Waals surface area contributed by atoms with E-state index >= 15 is 0 Å². The highest BCUT2D eigenvalue weighted by Gasteiger charge is 2.16. The van der Waals surface area contributed by atoms with Crippen LogP contribution in [0.3, 0.4) is 0 Å². The van der Waals surface area contributed by atoms with E-state index in [9.17, 15) is 0 Å². The van der Waals surface area contributed by atoms with Crippen molar-refractivity contribution in [2.75, 3.05) is 6.54 Å². The SMILES string of the molecule is C=CC(=C\CN)/C(N)=C/C=C\Cc1ccc2c3ccc4cc(-c5cccc(/C(N)=C/C)c5)ccc4c3n(-c3ccccc3)c2c1. The summed E-state index contributed by atoms with van der Waals surface area (Å²) in [5.41, 5.74) is 28.5. The van der Waals surface area contributed by atoms with Crippen molar-refractivity contribution in [3.8, 4) is 16.8 Å². The first-order chi connectivity index (χ1) is 22.0. The fraction of sp³-hybridized carbons (Fsp3) is 0.0732. The first-order valence-electron chi connectivity index (χ1n) is 15.3. The molecule has 6 aromatic rings. The molecule has 0 aliphatic carbocycles. The molecule has 45 heavy (non-hydrogen) atoms. The van der Waals surface area contributed by atoms with Crippen molar-refractivity contribution >= 4 is 38.3 Å². The van der Waals surface area contributed by atoms with Gasteiger partial charge in [0.1, 0.15) is 0 Å². The highest BCUT2D eigenvalue weighted by atomic mass is 15.0. The van der Waals surface area contributed by atoms with Gasteiger partial charge in [0.05, 0.1) is 11.0 Å². The lowest BCUT2D eigenvalue weighted by atomic mass is 9.97. The van der Waals surface area contributed by atoms with Gasteiger partial charge in [0.2, 0.25) is 0 Å². The molecule has 0 spiro atoms. The number of rotatable bonds is 9. The molecule has 6 N–H and O–H groups in total. The summed E-state index contributed by atoms with van der Waals surface area (Å²) in [6, 6.07) is 37.1. The Morgan fingerprint density at radius 2 is 1.58 bits per heavy atom. The van der Waals surface area contributed by atoms with Crippen molar-refractivity contribution < 1.29 is 0 Å². The van der Waals surface area contributed by atoms with Crippen LogP contribution in [0, 0.1) is 0 Å². The minimum Gasteiger partial charge on any atom is -0.399 e. The number of fused-ring (bicyclic) bond motifs is 5. The Morgan fingerprint density at radius 1 is 0.800 bits per heavy atom. The summed E-state index contributed by atoms with van der Waals surface area (Å²) in [6.07, 6.45) is 12.3. The molecule has 222 valence electrons. The van der Waals surface area contributed by atoms with Gasteiger partial charge in [-0.2, -0.15) is 0 Å². The van der Waals surface area contributed by atoms with E-state index in [-0.39, 0.29) is 0 Å². The lowest BCUT2D eigenvalue weighted by Crippen LogP contribution is -2.02. The van der Waals surface area contributed by atoms with Gasteiger partial charge in [-0.15, -0.1) is 0 Å². The minimum absolute atomic E-state index is 0.422. The Balaban J connectivity index is 1.46. The predicted octanol–water partition coefficient (Wildman–Crippen LogP) is 8.94. The quantitative estimate of drug-likeness (QED) is 0.148. The average Bonchev–Trinajstić information content (AvgIpc) is 3.42. The smallest absolute Gasteiger partial charge is 0.0619 e. The van der Waals surface area contributed by atoms with Crippen molar-refractivity contribution in [1.29, 1.82) is 0 Å². The number of hydrogen-bond donors (Lipinski definition) is 3. The predicted molar refractivity (Wildman–Crippen MR) is 194 cm³/mol. The Hall–Kier alpha value is -5.58. The molecular formula is C41H38N4. The third kappa shape index (κ3) is 5.84. The highest BCUT2D eigenvalue weighted by molar-refractivity contribution is 6.19. The van der Waals surface area contributed by atoms with Crippen LogP contribution in [0.25, 0.3) is 55.1 Å². The van der Waals surface area contributed by atoms with E-state index in [0.29, 0.717) is 12.2 Å². The second-order valence-electron chi connectivity index (χ2n) is 11.1. The molecule has 0 radical (unpaired) electrons. The lowest BCUT2D eigenvalue weighted by molar-refractivity contribution is 1.18. The van der Waals surface area contributed by atoms with Gasteiger partial charge in [0.15, 0.2) is 0 Å². The van der Waals surface area contributed by atoms with Crippen LogP contribution in [-0.2, 0) is 6.42 Å². The molecule has 0 amide bonds. The van der Waals surface area contributed by atoms with Crippen LogP contribution in [0.2, 0.25) is 0 Å². The van der Waals surface area contributed by atoms with Gasteiger partial charge in [0.25, 0.3) is 0 Å². The van der Waals surface area contributed by atoms with Crippen LogP contribution in [0.15, 0.2) is 157 Å². The van der Waals surface area contributed by atoms with Crippen LogP contribution in [0.5, 0.6) is 0 Å². The molecule has 4 heteroatoms. The summed E-state index contributed by atoms with van der Waals surface area (Å²) in [4.78, 5) is 0. The number of nitrogens with zero attached hydrogens (tertiary/aromatic N) is 1. The largest absolute Gasteiger partial charge is 0.399 e. The fourth-order valence-electron chi connectivity index (χ4n) is 6.00. The summed E-state index contributed by atoms with van der Waals surface area (Å²) in [5, 5.41) is 4.87. The van der Waals surface area contributed by atoms with Crippen molar-refractivity contribution in [1.82, 2.24) is 4.57 Å². The molecule has 6 rings (SSSR count). The number of benzene rings is 5. The van der Waals surface area contributed by atoms with Crippen molar-refractivity contribution in [2.45, 2.75) is 13.3 Å². The van der Waals surface area contributed by atoms with Gasteiger partial charge in [-0.1, -0.05) is 110 Å². The Bertz CT molecular complexity index is 2160. The third-order valence-corrected chi connectivity index (χ3v) is 8.32. The van der Waals surface area contributed by atoms with Gasteiger partial charge in [0, 0.05) is 39.8 Å². The van der Waals surface area contributed by atoms with Crippen LogP contribution < -0.4 is 17.2 Å². The zero-order chi connectivity index (χ0) is 31.3.